The predicted molar refractivity (Wildman–Crippen MR) is 72.8 cm³/mol. The molecule has 1 aromatic rings. The lowest BCUT2D eigenvalue weighted by molar-refractivity contribution is -0.122. The highest BCUT2D eigenvalue weighted by Crippen LogP contribution is 2.16. The molecule has 104 valence electrons. The Morgan fingerprint density at radius 2 is 2.26 bits per heavy atom. The molecule has 1 N–H and O–H groups in total. The Hall–Kier alpha value is -1.78. The van der Waals surface area contributed by atoms with Gasteiger partial charge < -0.3 is 14.8 Å². The van der Waals surface area contributed by atoms with Crippen molar-refractivity contribution in [3.63, 3.8) is 0 Å². The first-order valence-corrected chi connectivity index (χ1v) is 6.68. The van der Waals surface area contributed by atoms with E-state index in [1.54, 1.807) is 11.9 Å². The van der Waals surface area contributed by atoms with Gasteiger partial charge in [0.1, 0.15) is 5.69 Å². The molecule has 0 aliphatic carbocycles. The third-order valence-corrected chi connectivity index (χ3v) is 3.45. The lowest BCUT2D eigenvalue weighted by Crippen LogP contribution is -2.50. The van der Waals surface area contributed by atoms with Crippen molar-refractivity contribution >= 4 is 11.8 Å². The molecule has 0 aromatic carbocycles. The van der Waals surface area contributed by atoms with Gasteiger partial charge in [0.15, 0.2) is 0 Å². The van der Waals surface area contributed by atoms with Crippen LogP contribution in [0.1, 0.15) is 30.8 Å². The average Bonchev–Trinajstić information content (AvgIpc) is 2.79. The van der Waals surface area contributed by atoms with Gasteiger partial charge in [-0.2, -0.15) is 0 Å². The molecule has 0 saturated heterocycles. The number of likely N-dealkylation sites (N-methyl/N-ethyl adjacent to an activating group) is 1. The van der Waals surface area contributed by atoms with Crippen molar-refractivity contribution in [2.45, 2.75) is 32.9 Å². The van der Waals surface area contributed by atoms with Crippen LogP contribution in [0.4, 0.5) is 0 Å². The maximum atomic E-state index is 12.1. The van der Waals surface area contributed by atoms with Crippen molar-refractivity contribution in [2.75, 3.05) is 13.6 Å². The second kappa shape index (κ2) is 5.47. The monoisotopic (exact) mass is 263 g/mol. The van der Waals surface area contributed by atoms with Gasteiger partial charge in [0.2, 0.25) is 5.91 Å². The maximum Gasteiger partial charge on any atom is 0.270 e. The van der Waals surface area contributed by atoms with Crippen LogP contribution < -0.4 is 5.32 Å². The van der Waals surface area contributed by atoms with Gasteiger partial charge in [0, 0.05) is 32.8 Å². The number of carbonyl (C=O) groups excluding carboxylic acids is 2. The lowest BCUT2D eigenvalue weighted by atomic mass is 10.1. The summed E-state index contributed by atoms with van der Waals surface area (Å²) in [7, 11) is 1.79. The van der Waals surface area contributed by atoms with Crippen LogP contribution in [0.3, 0.4) is 0 Å². The minimum atomic E-state index is 0.0133. The molecule has 0 saturated carbocycles. The van der Waals surface area contributed by atoms with Crippen molar-refractivity contribution in [1.29, 1.82) is 0 Å². The molecule has 1 aromatic heterocycles. The molecular weight excluding hydrogens is 242 g/mol. The standard InChI is InChI=1S/C14H21N3O2/c1-10(2)7-13(18)15-8-11-9-17-6-4-5-12(17)14(19)16(11)3/h4-6,10-11H,7-9H2,1-3H3,(H,15,18). The zero-order valence-electron chi connectivity index (χ0n) is 11.7. The number of nitrogens with one attached hydrogen (secondary N) is 1. The first kappa shape index (κ1) is 13.6. The van der Waals surface area contributed by atoms with E-state index >= 15 is 0 Å². The summed E-state index contributed by atoms with van der Waals surface area (Å²) in [5.41, 5.74) is 0.715. The molecule has 1 atom stereocenters. The molecule has 1 aliphatic rings. The van der Waals surface area contributed by atoms with Gasteiger partial charge in [0.05, 0.1) is 6.04 Å². The average molecular weight is 263 g/mol. The molecule has 19 heavy (non-hydrogen) atoms. The molecule has 2 heterocycles. The zero-order valence-corrected chi connectivity index (χ0v) is 11.7. The predicted octanol–water partition coefficient (Wildman–Crippen LogP) is 1.10. The Kier molecular flexibility index (Phi) is 3.93. The molecule has 2 rings (SSSR count). The Morgan fingerprint density at radius 1 is 1.53 bits per heavy atom. The highest BCUT2D eigenvalue weighted by atomic mass is 16.2. The number of rotatable bonds is 4. The first-order valence-electron chi connectivity index (χ1n) is 6.68. The largest absolute Gasteiger partial charge is 0.354 e. The topological polar surface area (TPSA) is 54.3 Å². The summed E-state index contributed by atoms with van der Waals surface area (Å²) >= 11 is 0. The number of hydrogen-bond acceptors (Lipinski definition) is 2. The van der Waals surface area contributed by atoms with Gasteiger partial charge in [0.25, 0.3) is 5.91 Å². The SMILES string of the molecule is CC(C)CC(=O)NCC1Cn2cccc2C(=O)N1C. The van der Waals surface area contributed by atoms with E-state index < -0.39 is 0 Å². The number of carbonyl (C=O) groups is 2. The number of aromatic nitrogens is 1. The molecule has 1 aliphatic heterocycles. The molecule has 0 radical (unpaired) electrons. The maximum absolute atomic E-state index is 12.1. The van der Waals surface area contributed by atoms with E-state index in [1.165, 1.54) is 0 Å². The number of hydrogen-bond donors (Lipinski definition) is 1. The van der Waals surface area contributed by atoms with Crippen molar-refractivity contribution < 1.29 is 9.59 Å². The summed E-state index contributed by atoms with van der Waals surface area (Å²) in [6.07, 6.45) is 2.43. The van der Waals surface area contributed by atoms with Gasteiger partial charge in [-0.1, -0.05) is 13.8 Å². The molecule has 1 unspecified atom stereocenters. The summed E-state index contributed by atoms with van der Waals surface area (Å²) in [5.74, 6) is 0.412. The second-order valence-electron chi connectivity index (χ2n) is 5.52. The van der Waals surface area contributed by atoms with E-state index in [4.69, 9.17) is 0 Å². The van der Waals surface area contributed by atoms with Gasteiger partial charge in [-0.3, -0.25) is 9.59 Å². The van der Waals surface area contributed by atoms with Gasteiger partial charge in [-0.15, -0.1) is 0 Å². The van der Waals surface area contributed by atoms with E-state index in [2.05, 4.69) is 5.32 Å². The summed E-state index contributed by atoms with van der Waals surface area (Å²) < 4.78 is 1.95. The smallest absolute Gasteiger partial charge is 0.270 e. The number of amides is 2. The minimum absolute atomic E-state index is 0.0133. The Morgan fingerprint density at radius 3 is 2.95 bits per heavy atom. The minimum Gasteiger partial charge on any atom is -0.354 e. The van der Waals surface area contributed by atoms with E-state index in [9.17, 15) is 9.59 Å². The zero-order chi connectivity index (χ0) is 14.0. The van der Waals surface area contributed by atoms with Crippen LogP contribution in [-0.2, 0) is 11.3 Å². The summed E-state index contributed by atoms with van der Waals surface area (Å²) in [6.45, 7) is 5.27. The molecular formula is C14H21N3O2. The summed E-state index contributed by atoms with van der Waals surface area (Å²) in [6, 6.07) is 3.72. The fourth-order valence-electron chi connectivity index (χ4n) is 2.34. The van der Waals surface area contributed by atoms with Crippen molar-refractivity contribution in [2.24, 2.45) is 5.92 Å². The molecule has 0 spiro atoms. The fraction of sp³-hybridized carbons (Fsp3) is 0.571. The quantitative estimate of drug-likeness (QED) is 0.884. The Balaban J connectivity index is 1.95. The van der Waals surface area contributed by atoms with Gasteiger partial charge in [-0.25, -0.2) is 0 Å². The van der Waals surface area contributed by atoms with E-state index in [1.807, 2.05) is 36.7 Å². The van der Waals surface area contributed by atoms with Crippen molar-refractivity contribution in [3.05, 3.63) is 24.0 Å². The van der Waals surface area contributed by atoms with E-state index in [0.29, 0.717) is 24.6 Å². The third-order valence-electron chi connectivity index (χ3n) is 3.45. The van der Waals surface area contributed by atoms with Crippen LogP contribution in [0.5, 0.6) is 0 Å². The van der Waals surface area contributed by atoms with Crippen molar-refractivity contribution in [1.82, 2.24) is 14.8 Å². The third kappa shape index (κ3) is 2.97. The normalized spacial score (nSPS) is 18.6. The Labute approximate surface area is 113 Å². The lowest BCUT2D eigenvalue weighted by Gasteiger charge is -2.34. The number of nitrogens with zero attached hydrogens (tertiary/aromatic N) is 2. The van der Waals surface area contributed by atoms with Gasteiger partial charge >= 0.3 is 0 Å². The van der Waals surface area contributed by atoms with Crippen LogP contribution in [-0.4, -0.2) is 40.9 Å². The van der Waals surface area contributed by atoms with Gasteiger partial charge in [-0.05, 0) is 18.1 Å². The summed E-state index contributed by atoms with van der Waals surface area (Å²) in [5, 5.41) is 2.91. The fourth-order valence-corrected chi connectivity index (χ4v) is 2.34. The molecule has 5 heteroatoms. The number of fused-ring (bicyclic) bond motifs is 1. The van der Waals surface area contributed by atoms with Crippen LogP contribution in [0.25, 0.3) is 0 Å². The van der Waals surface area contributed by atoms with Crippen LogP contribution in [0.15, 0.2) is 18.3 Å². The van der Waals surface area contributed by atoms with E-state index in [0.717, 1.165) is 6.54 Å². The molecule has 5 nitrogen and oxygen atoms in total. The summed E-state index contributed by atoms with van der Waals surface area (Å²) in [4.78, 5) is 25.5. The molecule has 0 bridgehead atoms. The van der Waals surface area contributed by atoms with Crippen molar-refractivity contribution in [3.8, 4) is 0 Å². The van der Waals surface area contributed by atoms with Crippen LogP contribution in [0.2, 0.25) is 0 Å². The second-order valence-corrected chi connectivity index (χ2v) is 5.52. The van der Waals surface area contributed by atoms with Crippen LogP contribution in [0, 0.1) is 5.92 Å². The molecule has 0 fully saturated rings. The highest BCUT2D eigenvalue weighted by molar-refractivity contribution is 5.93. The van der Waals surface area contributed by atoms with E-state index in [-0.39, 0.29) is 17.9 Å². The molecule has 2 amide bonds. The van der Waals surface area contributed by atoms with Crippen LogP contribution >= 0.6 is 0 Å². The first-order chi connectivity index (χ1) is 8.99. The Bertz CT molecular complexity index is 479. The highest BCUT2D eigenvalue weighted by Gasteiger charge is 2.29.